The van der Waals surface area contributed by atoms with Crippen LogP contribution in [0, 0.1) is 6.92 Å². The van der Waals surface area contributed by atoms with E-state index in [4.69, 9.17) is 0 Å². The van der Waals surface area contributed by atoms with Gasteiger partial charge in [0.05, 0.1) is 22.3 Å². The summed E-state index contributed by atoms with van der Waals surface area (Å²) in [4.78, 5) is 20.7. The SMILES string of the molecule is Cc1nc([C@H](C)Nc2ccc(C(=O)Nc3nncs3)cn2)cs1. The van der Waals surface area contributed by atoms with Crippen molar-refractivity contribution >= 4 is 39.5 Å². The highest BCUT2D eigenvalue weighted by Gasteiger charge is 2.11. The van der Waals surface area contributed by atoms with Crippen LogP contribution in [0.3, 0.4) is 0 Å². The van der Waals surface area contributed by atoms with Gasteiger partial charge >= 0.3 is 0 Å². The summed E-state index contributed by atoms with van der Waals surface area (Å²) in [7, 11) is 0. The van der Waals surface area contributed by atoms with Crippen molar-refractivity contribution in [2.24, 2.45) is 0 Å². The number of hydrogen-bond acceptors (Lipinski definition) is 8. The quantitative estimate of drug-likeness (QED) is 0.737. The van der Waals surface area contributed by atoms with Crippen LogP contribution in [0.1, 0.15) is 34.0 Å². The lowest BCUT2D eigenvalue weighted by atomic mass is 10.2. The van der Waals surface area contributed by atoms with Gasteiger partial charge in [0.1, 0.15) is 11.3 Å². The van der Waals surface area contributed by atoms with E-state index in [0.717, 1.165) is 10.7 Å². The Morgan fingerprint density at radius 1 is 1.30 bits per heavy atom. The first-order chi connectivity index (χ1) is 11.1. The van der Waals surface area contributed by atoms with Crippen molar-refractivity contribution in [2.45, 2.75) is 19.9 Å². The highest BCUT2D eigenvalue weighted by molar-refractivity contribution is 7.13. The van der Waals surface area contributed by atoms with Gasteiger partial charge in [-0.1, -0.05) is 11.3 Å². The minimum atomic E-state index is -0.260. The highest BCUT2D eigenvalue weighted by atomic mass is 32.1. The molecule has 0 aromatic carbocycles. The zero-order valence-corrected chi connectivity index (χ0v) is 14.1. The molecule has 118 valence electrons. The third-order valence-corrected chi connectivity index (χ3v) is 4.45. The minimum Gasteiger partial charge on any atom is -0.362 e. The van der Waals surface area contributed by atoms with Gasteiger partial charge in [-0.25, -0.2) is 9.97 Å². The lowest BCUT2D eigenvalue weighted by molar-refractivity contribution is 0.102. The van der Waals surface area contributed by atoms with Gasteiger partial charge in [0.2, 0.25) is 5.13 Å². The second kappa shape index (κ2) is 6.80. The molecule has 2 N–H and O–H groups in total. The summed E-state index contributed by atoms with van der Waals surface area (Å²) in [5.41, 5.74) is 3.00. The molecular formula is C14H14N6OS2. The van der Waals surface area contributed by atoms with Crippen LogP contribution in [0.25, 0.3) is 0 Å². The number of pyridine rings is 1. The maximum Gasteiger partial charge on any atom is 0.259 e. The maximum absolute atomic E-state index is 12.0. The minimum absolute atomic E-state index is 0.0496. The molecule has 0 spiro atoms. The fraction of sp³-hybridized carbons (Fsp3) is 0.214. The number of hydrogen-bond donors (Lipinski definition) is 2. The molecule has 0 saturated carbocycles. The lowest BCUT2D eigenvalue weighted by Gasteiger charge is -2.12. The summed E-state index contributed by atoms with van der Waals surface area (Å²) in [5.74, 6) is 0.430. The van der Waals surface area contributed by atoms with Crippen molar-refractivity contribution in [3.8, 4) is 0 Å². The van der Waals surface area contributed by atoms with Crippen LogP contribution >= 0.6 is 22.7 Å². The Labute approximate surface area is 140 Å². The largest absolute Gasteiger partial charge is 0.362 e. The van der Waals surface area contributed by atoms with Crippen LogP contribution in [-0.2, 0) is 0 Å². The van der Waals surface area contributed by atoms with Gasteiger partial charge in [-0.05, 0) is 26.0 Å². The summed E-state index contributed by atoms with van der Waals surface area (Å²) >= 11 is 2.88. The monoisotopic (exact) mass is 346 g/mol. The first kappa shape index (κ1) is 15.5. The van der Waals surface area contributed by atoms with Crippen LogP contribution in [0.2, 0.25) is 0 Å². The molecule has 3 rings (SSSR count). The first-order valence-electron chi connectivity index (χ1n) is 6.84. The van der Waals surface area contributed by atoms with Crippen LogP contribution in [0.4, 0.5) is 10.9 Å². The number of thiazole rings is 1. The normalized spacial score (nSPS) is 11.9. The standard InChI is InChI=1S/C14H14N6OS2/c1-8(11-6-22-9(2)18-11)17-12-4-3-10(5-15-12)13(21)19-14-20-16-7-23-14/h3-8H,1-2H3,(H,15,17)(H,19,20,21)/t8-/m0/s1. The van der Waals surface area contributed by atoms with E-state index in [-0.39, 0.29) is 11.9 Å². The molecule has 3 aromatic rings. The topological polar surface area (TPSA) is 92.7 Å². The third kappa shape index (κ3) is 3.88. The number of carbonyl (C=O) groups excluding carboxylic acids is 1. The number of carbonyl (C=O) groups is 1. The number of nitrogens with zero attached hydrogens (tertiary/aromatic N) is 4. The molecule has 3 aromatic heterocycles. The van der Waals surface area contributed by atoms with Crippen molar-refractivity contribution in [1.82, 2.24) is 20.2 Å². The third-order valence-electron chi connectivity index (χ3n) is 3.05. The second-order valence-corrected chi connectivity index (χ2v) is 6.68. The fourth-order valence-electron chi connectivity index (χ4n) is 1.89. The van der Waals surface area contributed by atoms with Crippen molar-refractivity contribution in [2.75, 3.05) is 10.6 Å². The molecule has 9 heteroatoms. The van der Waals surface area contributed by atoms with Crippen molar-refractivity contribution in [1.29, 1.82) is 0 Å². The number of nitrogens with one attached hydrogen (secondary N) is 2. The molecule has 0 radical (unpaired) electrons. The summed E-state index contributed by atoms with van der Waals surface area (Å²) in [5, 5.41) is 16.9. The Balaban J connectivity index is 1.63. The van der Waals surface area contributed by atoms with Crippen LogP contribution < -0.4 is 10.6 Å². The van der Waals surface area contributed by atoms with E-state index in [1.54, 1.807) is 29.0 Å². The lowest BCUT2D eigenvalue weighted by Crippen LogP contribution is -2.13. The van der Waals surface area contributed by atoms with Gasteiger partial charge in [0.25, 0.3) is 5.91 Å². The molecule has 0 aliphatic carbocycles. The van der Waals surface area contributed by atoms with Gasteiger partial charge in [0, 0.05) is 11.6 Å². The average molecular weight is 346 g/mol. The van der Waals surface area contributed by atoms with Crippen LogP contribution in [0.5, 0.6) is 0 Å². The molecule has 0 saturated heterocycles. The molecule has 23 heavy (non-hydrogen) atoms. The van der Waals surface area contributed by atoms with E-state index in [0.29, 0.717) is 16.5 Å². The smallest absolute Gasteiger partial charge is 0.259 e. The molecule has 1 amide bonds. The van der Waals surface area contributed by atoms with E-state index < -0.39 is 0 Å². The molecule has 0 fully saturated rings. The average Bonchev–Trinajstić information content (AvgIpc) is 3.19. The van der Waals surface area contributed by atoms with E-state index in [1.165, 1.54) is 17.5 Å². The molecule has 0 bridgehead atoms. The Morgan fingerprint density at radius 3 is 2.78 bits per heavy atom. The first-order valence-corrected chi connectivity index (χ1v) is 8.60. The molecule has 0 aliphatic heterocycles. The van der Waals surface area contributed by atoms with Crippen molar-refractivity contribution in [3.05, 3.63) is 45.5 Å². The predicted molar refractivity (Wildman–Crippen MR) is 91.0 cm³/mol. The van der Waals surface area contributed by atoms with Gasteiger partial charge in [-0.3, -0.25) is 10.1 Å². The van der Waals surface area contributed by atoms with Gasteiger partial charge in [-0.2, -0.15) is 0 Å². The maximum atomic E-state index is 12.0. The zero-order valence-electron chi connectivity index (χ0n) is 12.5. The predicted octanol–water partition coefficient (Wildman–Crippen LogP) is 3.12. The summed E-state index contributed by atoms with van der Waals surface area (Å²) in [6.07, 6.45) is 1.53. The van der Waals surface area contributed by atoms with Gasteiger partial charge < -0.3 is 5.32 Å². The Hall–Kier alpha value is -2.39. The molecule has 0 unspecified atom stereocenters. The summed E-state index contributed by atoms with van der Waals surface area (Å²) in [6, 6.07) is 3.53. The van der Waals surface area contributed by atoms with E-state index in [1.807, 2.05) is 19.2 Å². The van der Waals surface area contributed by atoms with Crippen molar-refractivity contribution in [3.63, 3.8) is 0 Å². The van der Waals surface area contributed by atoms with Gasteiger partial charge in [0.15, 0.2) is 0 Å². The molecule has 3 heterocycles. The zero-order chi connectivity index (χ0) is 16.2. The summed E-state index contributed by atoms with van der Waals surface area (Å²) < 4.78 is 0. The number of anilines is 2. The number of aryl methyl sites for hydroxylation is 1. The van der Waals surface area contributed by atoms with Gasteiger partial charge in [-0.15, -0.1) is 21.5 Å². The number of aromatic nitrogens is 4. The summed E-state index contributed by atoms with van der Waals surface area (Å²) in [6.45, 7) is 4.00. The Bertz CT molecular complexity index is 784. The number of amides is 1. The molecule has 1 atom stereocenters. The van der Waals surface area contributed by atoms with E-state index >= 15 is 0 Å². The highest BCUT2D eigenvalue weighted by Crippen LogP contribution is 2.20. The van der Waals surface area contributed by atoms with E-state index in [2.05, 4.69) is 30.8 Å². The molecule has 7 nitrogen and oxygen atoms in total. The molecule has 0 aliphatic rings. The number of rotatable bonds is 5. The van der Waals surface area contributed by atoms with Crippen molar-refractivity contribution < 1.29 is 4.79 Å². The Morgan fingerprint density at radius 2 is 2.17 bits per heavy atom. The fourth-order valence-corrected chi connectivity index (χ4v) is 3.03. The second-order valence-electron chi connectivity index (χ2n) is 4.79. The van der Waals surface area contributed by atoms with Crippen LogP contribution in [0.15, 0.2) is 29.2 Å². The Kier molecular flexibility index (Phi) is 4.58. The van der Waals surface area contributed by atoms with E-state index in [9.17, 15) is 4.79 Å². The van der Waals surface area contributed by atoms with Crippen LogP contribution in [-0.4, -0.2) is 26.1 Å². The molecular weight excluding hydrogens is 332 g/mol.